The SMILES string of the molecule is CCOCCC(=O)Cc1ccc(Br)s1. The highest BCUT2D eigenvalue weighted by Crippen LogP contribution is 2.22. The molecule has 0 atom stereocenters. The molecule has 2 nitrogen and oxygen atoms in total. The van der Waals surface area contributed by atoms with Gasteiger partial charge in [0.15, 0.2) is 0 Å². The third kappa shape index (κ3) is 4.35. The molecule has 0 bridgehead atoms. The smallest absolute Gasteiger partial charge is 0.140 e. The number of halogens is 1. The summed E-state index contributed by atoms with van der Waals surface area (Å²) in [7, 11) is 0. The van der Waals surface area contributed by atoms with Gasteiger partial charge in [-0.05, 0) is 35.0 Å². The van der Waals surface area contributed by atoms with E-state index in [-0.39, 0.29) is 5.78 Å². The predicted octanol–water partition coefficient (Wildman–Crippen LogP) is 3.05. The molecule has 0 aliphatic rings. The molecule has 0 fully saturated rings. The van der Waals surface area contributed by atoms with Crippen LogP contribution in [0.2, 0.25) is 0 Å². The van der Waals surface area contributed by atoms with Crippen LogP contribution in [-0.4, -0.2) is 19.0 Å². The van der Waals surface area contributed by atoms with Crippen molar-refractivity contribution in [2.75, 3.05) is 13.2 Å². The molecule has 1 rings (SSSR count). The van der Waals surface area contributed by atoms with Gasteiger partial charge >= 0.3 is 0 Å². The van der Waals surface area contributed by atoms with Gasteiger partial charge in [-0.15, -0.1) is 11.3 Å². The fourth-order valence-electron chi connectivity index (χ4n) is 1.06. The van der Waals surface area contributed by atoms with E-state index in [2.05, 4.69) is 15.9 Å². The van der Waals surface area contributed by atoms with E-state index in [0.717, 1.165) is 8.66 Å². The lowest BCUT2D eigenvalue weighted by atomic mass is 10.2. The van der Waals surface area contributed by atoms with Gasteiger partial charge in [0.1, 0.15) is 5.78 Å². The highest BCUT2D eigenvalue weighted by atomic mass is 79.9. The zero-order chi connectivity index (χ0) is 10.4. The van der Waals surface area contributed by atoms with Crippen molar-refractivity contribution in [3.05, 3.63) is 20.8 Å². The van der Waals surface area contributed by atoms with E-state index in [9.17, 15) is 4.79 Å². The average molecular weight is 277 g/mol. The van der Waals surface area contributed by atoms with E-state index >= 15 is 0 Å². The minimum Gasteiger partial charge on any atom is -0.381 e. The molecule has 0 amide bonds. The van der Waals surface area contributed by atoms with Crippen LogP contribution in [0.4, 0.5) is 0 Å². The third-order valence-electron chi connectivity index (χ3n) is 1.73. The second kappa shape index (κ2) is 6.32. The molecule has 14 heavy (non-hydrogen) atoms. The molecule has 0 aliphatic carbocycles. The molecular weight excluding hydrogens is 264 g/mol. The lowest BCUT2D eigenvalue weighted by Crippen LogP contribution is -2.06. The number of carbonyl (C=O) groups excluding carboxylic acids is 1. The molecule has 0 spiro atoms. The lowest BCUT2D eigenvalue weighted by molar-refractivity contribution is -0.119. The van der Waals surface area contributed by atoms with Crippen LogP contribution < -0.4 is 0 Å². The average Bonchev–Trinajstić information content (AvgIpc) is 2.52. The first-order chi connectivity index (χ1) is 6.72. The van der Waals surface area contributed by atoms with Crippen molar-refractivity contribution in [3.63, 3.8) is 0 Å². The van der Waals surface area contributed by atoms with Gasteiger partial charge in [-0.3, -0.25) is 4.79 Å². The van der Waals surface area contributed by atoms with Crippen LogP contribution in [-0.2, 0) is 16.0 Å². The number of hydrogen-bond donors (Lipinski definition) is 0. The molecular formula is C10H13BrO2S. The van der Waals surface area contributed by atoms with Gasteiger partial charge in [-0.25, -0.2) is 0 Å². The second-order valence-corrected chi connectivity index (χ2v) is 5.42. The van der Waals surface area contributed by atoms with Gasteiger partial charge in [0, 0.05) is 24.3 Å². The minimum absolute atomic E-state index is 0.243. The van der Waals surface area contributed by atoms with Gasteiger partial charge in [0.05, 0.1) is 10.4 Å². The fourth-order valence-corrected chi connectivity index (χ4v) is 2.57. The Morgan fingerprint density at radius 3 is 2.93 bits per heavy atom. The van der Waals surface area contributed by atoms with Gasteiger partial charge < -0.3 is 4.74 Å². The van der Waals surface area contributed by atoms with Crippen LogP contribution in [0.15, 0.2) is 15.9 Å². The van der Waals surface area contributed by atoms with Gasteiger partial charge in [0.2, 0.25) is 0 Å². The summed E-state index contributed by atoms with van der Waals surface area (Å²) in [4.78, 5) is 12.5. The van der Waals surface area contributed by atoms with Crippen molar-refractivity contribution in [1.82, 2.24) is 0 Å². The zero-order valence-electron chi connectivity index (χ0n) is 8.09. The Balaban J connectivity index is 2.27. The number of ketones is 1. The molecule has 0 radical (unpaired) electrons. The molecule has 1 aromatic heterocycles. The second-order valence-electron chi connectivity index (χ2n) is 2.87. The lowest BCUT2D eigenvalue weighted by Gasteiger charge is -1.99. The van der Waals surface area contributed by atoms with Crippen molar-refractivity contribution in [3.8, 4) is 0 Å². The number of hydrogen-bond acceptors (Lipinski definition) is 3. The highest BCUT2D eigenvalue weighted by Gasteiger charge is 2.05. The Hall–Kier alpha value is -0.190. The summed E-state index contributed by atoms with van der Waals surface area (Å²) in [5, 5.41) is 0. The van der Waals surface area contributed by atoms with E-state index in [0.29, 0.717) is 26.1 Å². The van der Waals surface area contributed by atoms with Crippen LogP contribution in [0.3, 0.4) is 0 Å². The van der Waals surface area contributed by atoms with E-state index in [1.165, 1.54) is 0 Å². The van der Waals surface area contributed by atoms with Crippen molar-refractivity contribution >= 4 is 33.0 Å². The maximum atomic E-state index is 11.4. The van der Waals surface area contributed by atoms with Crippen LogP contribution >= 0.6 is 27.3 Å². The monoisotopic (exact) mass is 276 g/mol. The van der Waals surface area contributed by atoms with E-state index in [1.54, 1.807) is 11.3 Å². The fraction of sp³-hybridized carbons (Fsp3) is 0.500. The predicted molar refractivity (Wildman–Crippen MR) is 61.8 cm³/mol. The quantitative estimate of drug-likeness (QED) is 0.747. The topological polar surface area (TPSA) is 26.3 Å². The Labute approximate surface area is 96.4 Å². The number of ether oxygens (including phenoxy) is 1. The summed E-state index contributed by atoms with van der Waals surface area (Å²) in [5.74, 6) is 0.243. The molecule has 1 heterocycles. The standard InChI is InChI=1S/C10H13BrO2S/c1-2-13-6-5-8(12)7-9-3-4-10(11)14-9/h3-4H,2,5-7H2,1H3. The number of Topliss-reactive ketones (excluding diaryl/α,β-unsaturated/α-hetero) is 1. The first-order valence-corrected chi connectivity index (χ1v) is 6.17. The van der Waals surface area contributed by atoms with E-state index < -0.39 is 0 Å². The van der Waals surface area contributed by atoms with Crippen LogP contribution in [0.5, 0.6) is 0 Å². The van der Waals surface area contributed by atoms with Crippen LogP contribution in [0.25, 0.3) is 0 Å². The van der Waals surface area contributed by atoms with Crippen molar-refractivity contribution in [2.45, 2.75) is 19.8 Å². The molecule has 4 heteroatoms. The van der Waals surface area contributed by atoms with Crippen LogP contribution in [0.1, 0.15) is 18.2 Å². The molecule has 0 saturated carbocycles. The van der Waals surface area contributed by atoms with Crippen molar-refractivity contribution in [1.29, 1.82) is 0 Å². The Bertz CT molecular complexity index is 296. The molecule has 0 saturated heterocycles. The van der Waals surface area contributed by atoms with E-state index in [1.807, 2.05) is 19.1 Å². The maximum absolute atomic E-state index is 11.4. The summed E-state index contributed by atoms with van der Waals surface area (Å²) in [6.45, 7) is 3.15. The Morgan fingerprint density at radius 2 is 2.36 bits per heavy atom. The maximum Gasteiger partial charge on any atom is 0.140 e. The zero-order valence-corrected chi connectivity index (χ0v) is 10.5. The normalized spacial score (nSPS) is 10.4. The molecule has 0 aliphatic heterocycles. The molecule has 1 aromatic rings. The summed E-state index contributed by atoms with van der Waals surface area (Å²) < 4.78 is 6.19. The highest BCUT2D eigenvalue weighted by molar-refractivity contribution is 9.11. The first-order valence-electron chi connectivity index (χ1n) is 4.56. The Morgan fingerprint density at radius 1 is 1.57 bits per heavy atom. The molecule has 78 valence electrons. The number of rotatable bonds is 6. The summed E-state index contributed by atoms with van der Waals surface area (Å²) in [5.41, 5.74) is 0. The van der Waals surface area contributed by atoms with Gasteiger partial charge in [-0.1, -0.05) is 0 Å². The largest absolute Gasteiger partial charge is 0.381 e. The third-order valence-corrected chi connectivity index (χ3v) is 3.35. The molecule has 0 N–H and O–H groups in total. The van der Waals surface area contributed by atoms with Gasteiger partial charge in [0.25, 0.3) is 0 Å². The first kappa shape index (κ1) is 11.9. The van der Waals surface area contributed by atoms with Gasteiger partial charge in [-0.2, -0.15) is 0 Å². The van der Waals surface area contributed by atoms with Crippen molar-refractivity contribution < 1.29 is 9.53 Å². The number of thiophene rings is 1. The number of carbonyl (C=O) groups is 1. The minimum atomic E-state index is 0.243. The summed E-state index contributed by atoms with van der Waals surface area (Å²) >= 11 is 4.98. The van der Waals surface area contributed by atoms with Crippen molar-refractivity contribution in [2.24, 2.45) is 0 Å². The molecule has 0 unspecified atom stereocenters. The van der Waals surface area contributed by atoms with Crippen LogP contribution in [0, 0.1) is 0 Å². The summed E-state index contributed by atoms with van der Waals surface area (Å²) in [6.07, 6.45) is 1.05. The Kier molecular flexibility index (Phi) is 5.37. The summed E-state index contributed by atoms with van der Waals surface area (Å²) in [6, 6.07) is 3.95. The molecule has 0 aromatic carbocycles. The van der Waals surface area contributed by atoms with E-state index in [4.69, 9.17) is 4.74 Å².